The Balaban J connectivity index is 1.43. The normalized spacial score (nSPS) is 14.3. The van der Waals surface area contributed by atoms with E-state index in [1.165, 1.54) is 5.56 Å². The maximum atomic E-state index is 13.0. The van der Waals surface area contributed by atoms with Crippen LogP contribution in [0.1, 0.15) is 36.2 Å². The highest BCUT2D eigenvalue weighted by molar-refractivity contribution is 8.01. The molecule has 1 heterocycles. The molecule has 0 radical (unpaired) electrons. The zero-order valence-electron chi connectivity index (χ0n) is 22.9. The summed E-state index contributed by atoms with van der Waals surface area (Å²) in [6.45, 7) is 7.61. The Bertz CT molecular complexity index is 1140. The Morgan fingerprint density at radius 1 is 0.925 bits per heavy atom. The molecule has 0 spiro atoms. The number of ether oxygens (including phenoxy) is 2. The van der Waals surface area contributed by atoms with Crippen LogP contribution in [-0.4, -0.2) is 90.5 Å². The van der Waals surface area contributed by atoms with Crippen molar-refractivity contribution >= 4 is 52.8 Å². The van der Waals surface area contributed by atoms with Gasteiger partial charge in [0.05, 0.1) is 25.4 Å². The second-order valence-corrected chi connectivity index (χ2v) is 10.8. The van der Waals surface area contributed by atoms with E-state index in [2.05, 4.69) is 10.2 Å². The number of rotatable bonds is 13. The van der Waals surface area contributed by atoms with Gasteiger partial charge in [-0.1, -0.05) is 23.7 Å². The van der Waals surface area contributed by atoms with Crippen molar-refractivity contribution in [3.8, 4) is 0 Å². The molecule has 1 unspecified atom stereocenters. The van der Waals surface area contributed by atoms with E-state index in [-0.39, 0.29) is 37.2 Å². The topological polar surface area (TPSA) is 105 Å². The smallest absolute Gasteiger partial charge is 0.319 e. The van der Waals surface area contributed by atoms with Gasteiger partial charge in [0.1, 0.15) is 5.25 Å². The van der Waals surface area contributed by atoms with Crippen LogP contribution in [0, 0.1) is 0 Å². The highest BCUT2D eigenvalue weighted by Gasteiger charge is 2.26. The van der Waals surface area contributed by atoms with Gasteiger partial charge in [0, 0.05) is 49.0 Å². The van der Waals surface area contributed by atoms with Crippen LogP contribution in [0.5, 0.6) is 0 Å². The second kappa shape index (κ2) is 16.2. The van der Waals surface area contributed by atoms with Crippen LogP contribution >= 0.6 is 23.4 Å². The average molecular weight is 590 g/mol. The fourth-order valence-electron chi connectivity index (χ4n) is 4.18. The second-order valence-electron chi connectivity index (χ2n) is 9.20. The number of hydrogen-bond acceptors (Lipinski definition) is 8. The van der Waals surface area contributed by atoms with Gasteiger partial charge < -0.3 is 19.7 Å². The van der Waals surface area contributed by atoms with Gasteiger partial charge in [0.15, 0.2) is 0 Å². The van der Waals surface area contributed by atoms with Gasteiger partial charge in [-0.25, -0.2) is 0 Å². The zero-order chi connectivity index (χ0) is 28.9. The van der Waals surface area contributed by atoms with E-state index >= 15 is 0 Å². The van der Waals surface area contributed by atoms with E-state index in [0.717, 1.165) is 42.8 Å². The number of nitrogens with one attached hydrogen (secondary N) is 1. The van der Waals surface area contributed by atoms with Crippen LogP contribution in [0.15, 0.2) is 48.5 Å². The quantitative estimate of drug-likeness (QED) is 0.351. The van der Waals surface area contributed by atoms with Crippen molar-refractivity contribution in [1.29, 1.82) is 0 Å². The van der Waals surface area contributed by atoms with E-state index < -0.39 is 17.2 Å². The number of nitrogens with zero attached hydrogens (tertiary/aromatic N) is 2. The number of carbonyl (C=O) groups excluding carboxylic acids is 4. The minimum Gasteiger partial charge on any atom is -0.466 e. The Hall–Kier alpha value is -3.08. The van der Waals surface area contributed by atoms with Crippen molar-refractivity contribution < 1.29 is 28.7 Å². The number of amides is 2. The van der Waals surface area contributed by atoms with Gasteiger partial charge >= 0.3 is 11.9 Å². The predicted molar refractivity (Wildman–Crippen MR) is 157 cm³/mol. The molecule has 1 aliphatic heterocycles. The standard InChI is InChI=1S/C29H36ClN3O6S/c1-3-38-27(35)19-25(29(37)39-4-2)40-20-26(34)31-24-11-7-22(8-12-24)28(36)33-17-15-32(16-18-33)14-13-21-5-9-23(30)10-6-21/h5-12,25H,3-4,13-20H2,1-2H3,(H,31,34). The molecule has 216 valence electrons. The van der Waals surface area contributed by atoms with Crippen LogP contribution in [-0.2, 0) is 30.3 Å². The molecule has 2 aromatic rings. The summed E-state index contributed by atoms with van der Waals surface area (Å²) in [5.41, 5.74) is 2.33. The largest absolute Gasteiger partial charge is 0.466 e. The van der Waals surface area contributed by atoms with Crippen LogP contribution < -0.4 is 5.32 Å². The van der Waals surface area contributed by atoms with Gasteiger partial charge in [0.2, 0.25) is 5.91 Å². The third-order valence-corrected chi connectivity index (χ3v) is 7.77. The predicted octanol–water partition coefficient (Wildman–Crippen LogP) is 3.90. The Morgan fingerprint density at radius 2 is 1.57 bits per heavy atom. The Kier molecular flexibility index (Phi) is 12.8. The SMILES string of the molecule is CCOC(=O)CC(SCC(=O)Nc1ccc(C(=O)N2CCN(CCc3ccc(Cl)cc3)CC2)cc1)C(=O)OCC. The molecule has 11 heteroatoms. The molecule has 0 bridgehead atoms. The summed E-state index contributed by atoms with van der Waals surface area (Å²) in [5.74, 6) is -1.50. The number of hydrogen-bond donors (Lipinski definition) is 1. The van der Waals surface area contributed by atoms with Crippen molar-refractivity contribution in [2.75, 3.05) is 57.0 Å². The lowest BCUT2D eigenvalue weighted by atomic mass is 10.1. The third kappa shape index (κ3) is 10.1. The van der Waals surface area contributed by atoms with Crippen LogP contribution in [0.3, 0.4) is 0 Å². The lowest BCUT2D eigenvalue weighted by molar-refractivity contribution is -0.149. The third-order valence-electron chi connectivity index (χ3n) is 6.33. The first-order chi connectivity index (χ1) is 19.3. The van der Waals surface area contributed by atoms with Gasteiger partial charge in [-0.05, 0) is 62.2 Å². The number of piperazine rings is 1. The number of carbonyl (C=O) groups is 4. The first-order valence-electron chi connectivity index (χ1n) is 13.4. The number of benzene rings is 2. The van der Waals surface area contributed by atoms with Crippen molar-refractivity contribution in [2.24, 2.45) is 0 Å². The van der Waals surface area contributed by atoms with Gasteiger partial charge in [-0.2, -0.15) is 0 Å². The van der Waals surface area contributed by atoms with Crippen LogP contribution in [0.4, 0.5) is 5.69 Å². The van der Waals surface area contributed by atoms with Crippen molar-refractivity contribution in [2.45, 2.75) is 31.9 Å². The Morgan fingerprint density at radius 3 is 2.20 bits per heavy atom. The van der Waals surface area contributed by atoms with Gasteiger partial charge in [-0.15, -0.1) is 11.8 Å². The first-order valence-corrected chi connectivity index (χ1v) is 14.8. The molecular formula is C29H36ClN3O6S. The molecule has 9 nitrogen and oxygen atoms in total. The molecular weight excluding hydrogens is 554 g/mol. The monoisotopic (exact) mass is 589 g/mol. The zero-order valence-corrected chi connectivity index (χ0v) is 24.5. The first kappa shape index (κ1) is 31.4. The summed E-state index contributed by atoms with van der Waals surface area (Å²) in [4.78, 5) is 53.7. The lowest BCUT2D eigenvalue weighted by Crippen LogP contribution is -2.49. The molecule has 1 atom stereocenters. The molecule has 0 saturated carbocycles. The van der Waals surface area contributed by atoms with Gasteiger partial charge in [0.25, 0.3) is 5.91 Å². The lowest BCUT2D eigenvalue weighted by Gasteiger charge is -2.34. The Labute approximate surface area is 244 Å². The molecule has 1 N–H and O–H groups in total. The highest BCUT2D eigenvalue weighted by Crippen LogP contribution is 2.19. The van der Waals surface area contributed by atoms with E-state index in [1.54, 1.807) is 38.1 Å². The summed E-state index contributed by atoms with van der Waals surface area (Å²) in [6.07, 6.45) is 0.768. The molecule has 2 amide bonds. The average Bonchev–Trinajstić information content (AvgIpc) is 2.95. The molecule has 1 fully saturated rings. The summed E-state index contributed by atoms with van der Waals surface area (Å²) in [7, 11) is 0. The van der Waals surface area contributed by atoms with Crippen molar-refractivity contribution in [3.05, 3.63) is 64.7 Å². The number of anilines is 1. The van der Waals surface area contributed by atoms with Crippen molar-refractivity contribution in [1.82, 2.24) is 9.80 Å². The van der Waals surface area contributed by atoms with Gasteiger partial charge in [-0.3, -0.25) is 24.1 Å². The molecule has 1 saturated heterocycles. The molecule has 2 aromatic carbocycles. The maximum absolute atomic E-state index is 13.0. The molecule has 0 aliphatic carbocycles. The van der Waals surface area contributed by atoms with E-state index in [4.69, 9.17) is 21.1 Å². The minimum absolute atomic E-state index is 0.0398. The van der Waals surface area contributed by atoms with Crippen molar-refractivity contribution in [3.63, 3.8) is 0 Å². The molecule has 40 heavy (non-hydrogen) atoms. The molecule has 3 rings (SSSR count). The molecule has 0 aromatic heterocycles. The number of halogens is 1. The highest BCUT2D eigenvalue weighted by atomic mass is 35.5. The van der Waals surface area contributed by atoms with E-state index in [9.17, 15) is 19.2 Å². The summed E-state index contributed by atoms with van der Waals surface area (Å²) in [6, 6.07) is 14.6. The summed E-state index contributed by atoms with van der Waals surface area (Å²) >= 11 is 6.98. The van der Waals surface area contributed by atoms with Crippen LogP contribution in [0.2, 0.25) is 5.02 Å². The fraction of sp³-hybridized carbons (Fsp3) is 0.448. The van der Waals surface area contributed by atoms with Crippen LogP contribution in [0.25, 0.3) is 0 Å². The van der Waals surface area contributed by atoms with E-state index in [1.807, 2.05) is 29.2 Å². The maximum Gasteiger partial charge on any atom is 0.319 e. The van der Waals surface area contributed by atoms with E-state index in [0.29, 0.717) is 24.3 Å². The number of esters is 2. The number of thioether (sulfide) groups is 1. The summed E-state index contributed by atoms with van der Waals surface area (Å²) in [5, 5.41) is 2.66. The minimum atomic E-state index is -0.831. The fourth-order valence-corrected chi connectivity index (χ4v) is 5.19. The molecule has 1 aliphatic rings. The summed E-state index contributed by atoms with van der Waals surface area (Å²) < 4.78 is 9.93.